The Kier molecular flexibility index (Phi) is 4.02. The summed E-state index contributed by atoms with van der Waals surface area (Å²) in [6.45, 7) is 3.70. The molecule has 0 saturated carbocycles. The van der Waals surface area contributed by atoms with E-state index in [0.29, 0.717) is 11.1 Å². The second-order valence-corrected chi connectivity index (χ2v) is 5.32. The molecule has 2 N–H and O–H groups in total. The van der Waals surface area contributed by atoms with E-state index in [1.165, 1.54) is 0 Å². The van der Waals surface area contributed by atoms with Gasteiger partial charge < -0.3 is 10.4 Å². The van der Waals surface area contributed by atoms with Crippen molar-refractivity contribution in [1.29, 1.82) is 0 Å². The Morgan fingerprint density at radius 3 is 2.53 bits per heavy atom. The molecule has 0 spiro atoms. The zero-order valence-electron chi connectivity index (χ0n) is 10.9. The maximum absolute atomic E-state index is 9.26. The Hall–Kier alpha value is -1.65. The number of hydrogen-bond acceptors (Lipinski definition) is 4. The van der Waals surface area contributed by atoms with Crippen molar-refractivity contribution in [2.24, 2.45) is 0 Å². The summed E-state index contributed by atoms with van der Waals surface area (Å²) in [5.41, 5.74) is 1.21. The molecule has 2 rings (SSSR count). The van der Waals surface area contributed by atoms with Gasteiger partial charge >= 0.3 is 0 Å². The van der Waals surface area contributed by atoms with Crippen LogP contribution in [0, 0.1) is 0 Å². The smallest absolute Gasteiger partial charge is 0.225 e. The molecular weight excluding hydrogens is 262 g/mol. The van der Waals surface area contributed by atoms with E-state index in [1.54, 1.807) is 6.07 Å². The maximum Gasteiger partial charge on any atom is 0.225 e. The van der Waals surface area contributed by atoms with E-state index < -0.39 is 5.54 Å². The number of aromatic nitrogens is 2. The first-order chi connectivity index (χ1) is 9.00. The highest BCUT2D eigenvalue weighted by Crippen LogP contribution is 2.22. The van der Waals surface area contributed by atoms with E-state index in [1.807, 2.05) is 44.2 Å². The summed E-state index contributed by atoms with van der Waals surface area (Å²) in [7, 11) is 0. The third kappa shape index (κ3) is 3.66. The van der Waals surface area contributed by atoms with E-state index >= 15 is 0 Å². The van der Waals surface area contributed by atoms with Crippen molar-refractivity contribution in [2.75, 3.05) is 11.9 Å². The number of aliphatic hydroxyl groups is 1. The third-order valence-electron chi connectivity index (χ3n) is 2.61. The van der Waals surface area contributed by atoms with Gasteiger partial charge in [-0.1, -0.05) is 41.9 Å². The van der Waals surface area contributed by atoms with Crippen LogP contribution in [0.5, 0.6) is 0 Å². The van der Waals surface area contributed by atoms with Crippen LogP contribution < -0.4 is 5.32 Å². The molecule has 0 fully saturated rings. The highest BCUT2D eigenvalue weighted by Gasteiger charge is 2.18. The van der Waals surface area contributed by atoms with Crippen LogP contribution in [0.4, 0.5) is 5.95 Å². The third-order valence-corrected chi connectivity index (χ3v) is 2.80. The van der Waals surface area contributed by atoms with Gasteiger partial charge in [0, 0.05) is 11.6 Å². The van der Waals surface area contributed by atoms with Crippen LogP contribution >= 0.6 is 11.6 Å². The first-order valence-electron chi connectivity index (χ1n) is 5.99. The first-order valence-corrected chi connectivity index (χ1v) is 6.37. The minimum absolute atomic E-state index is 0.0243. The van der Waals surface area contributed by atoms with Crippen molar-refractivity contribution in [1.82, 2.24) is 9.97 Å². The second-order valence-electron chi connectivity index (χ2n) is 4.93. The number of nitrogens with one attached hydrogen (secondary N) is 1. The van der Waals surface area contributed by atoms with Crippen LogP contribution in [0.1, 0.15) is 13.8 Å². The molecule has 0 bridgehead atoms. The molecule has 19 heavy (non-hydrogen) atoms. The fourth-order valence-electron chi connectivity index (χ4n) is 1.57. The standard InChI is InChI=1S/C14H16ClN3O/c1-14(2,9-19)18-13-16-11(8-12(15)17-13)10-6-4-3-5-7-10/h3-8,19H,9H2,1-2H3,(H,16,17,18). The van der Waals surface area contributed by atoms with Crippen molar-refractivity contribution >= 4 is 17.5 Å². The number of halogens is 1. The van der Waals surface area contributed by atoms with Gasteiger partial charge in [-0.2, -0.15) is 0 Å². The lowest BCUT2D eigenvalue weighted by atomic mass is 10.1. The Bertz CT molecular complexity index is 558. The number of anilines is 1. The van der Waals surface area contributed by atoms with Gasteiger partial charge in [-0.15, -0.1) is 0 Å². The highest BCUT2D eigenvalue weighted by molar-refractivity contribution is 6.29. The monoisotopic (exact) mass is 277 g/mol. The molecule has 0 atom stereocenters. The van der Waals surface area contributed by atoms with Gasteiger partial charge in [0.15, 0.2) is 0 Å². The van der Waals surface area contributed by atoms with Crippen LogP contribution in [0.25, 0.3) is 11.3 Å². The summed E-state index contributed by atoms with van der Waals surface area (Å²) in [6.07, 6.45) is 0. The summed E-state index contributed by atoms with van der Waals surface area (Å²) < 4.78 is 0. The zero-order valence-corrected chi connectivity index (χ0v) is 11.6. The van der Waals surface area contributed by atoms with Crippen LogP contribution in [-0.4, -0.2) is 27.2 Å². The van der Waals surface area contributed by atoms with Crippen LogP contribution in [0.2, 0.25) is 5.15 Å². The number of benzene rings is 1. The molecule has 0 aliphatic rings. The summed E-state index contributed by atoms with van der Waals surface area (Å²) in [5.74, 6) is 0.408. The van der Waals surface area contributed by atoms with E-state index in [-0.39, 0.29) is 6.61 Å². The molecule has 5 heteroatoms. The molecule has 1 aromatic heterocycles. The molecule has 0 radical (unpaired) electrons. The van der Waals surface area contributed by atoms with Crippen molar-refractivity contribution in [3.05, 3.63) is 41.6 Å². The lowest BCUT2D eigenvalue weighted by Crippen LogP contribution is -2.35. The van der Waals surface area contributed by atoms with Gasteiger partial charge in [-0.05, 0) is 13.8 Å². The molecule has 100 valence electrons. The predicted octanol–water partition coefficient (Wildman–Crippen LogP) is 2.98. The highest BCUT2D eigenvalue weighted by atomic mass is 35.5. The summed E-state index contributed by atoms with van der Waals surface area (Å²) in [4.78, 5) is 8.54. The van der Waals surface area contributed by atoms with E-state index in [2.05, 4.69) is 15.3 Å². The topological polar surface area (TPSA) is 58.0 Å². The van der Waals surface area contributed by atoms with Crippen LogP contribution in [0.3, 0.4) is 0 Å². The minimum Gasteiger partial charge on any atom is -0.394 e. The summed E-state index contributed by atoms with van der Waals surface area (Å²) in [5, 5.41) is 12.7. The Balaban J connectivity index is 2.35. The molecule has 0 amide bonds. The fourth-order valence-corrected chi connectivity index (χ4v) is 1.76. The van der Waals surface area contributed by atoms with Gasteiger partial charge in [0.2, 0.25) is 5.95 Å². The van der Waals surface area contributed by atoms with Crippen molar-refractivity contribution < 1.29 is 5.11 Å². The average molecular weight is 278 g/mol. The average Bonchev–Trinajstić information content (AvgIpc) is 2.38. The number of hydrogen-bond donors (Lipinski definition) is 2. The van der Waals surface area contributed by atoms with E-state index in [0.717, 1.165) is 11.3 Å². The molecule has 0 unspecified atom stereocenters. The number of rotatable bonds is 4. The molecular formula is C14H16ClN3O. The SMILES string of the molecule is CC(C)(CO)Nc1nc(Cl)cc(-c2ccccc2)n1. The largest absolute Gasteiger partial charge is 0.394 e. The van der Waals surface area contributed by atoms with Gasteiger partial charge in [0.05, 0.1) is 17.8 Å². The fraction of sp³-hybridized carbons (Fsp3) is 0.286. The second kappa shape index (κ2) is 5.55. The van der Waals surface area contributed by atoms with Gasteiger partial charge in [-0.25, -0.2) is 9.97 Å². The van der Waals surface area contributed by atoms with E-state index in [4.69, 9.17) is 11.6 Å². The molecule has 1 aromatic carbocycles. The number of aliphatic hydroxyl groups excluding tert-OH is 1. The molecule has 0 aliphatic carbocycles. The first kappa shape index (κ1) is 13.8. The van der Waals surface area contributed by atoms with Crippen LogP contribution in [-0.2, 0) is 0 Å². The zero-order chi connectivity index (χ0) is 13.9. The Morgan fingerprint density at radius 1 is 1.21 bits per heavy atom. The Morgan fingerprint density at radius 2 is 1.89 bits per heavy atom. The van der Waals surface area contributed by atoms with Crippen molar-refractivity contribution in [3.63, 3.8) is 0 Å². The lowest BCUT2D eigenvalue weighted by molar-refractivity contribution is 0.233. The molecule has 1 heterocycles. The van der Waals surface area contributed by atoms with Crippen molar-refractivity contribution in [2.45, 2.75) is 19.4 Å². The normalized spacial score (nSPS) is 11.4. The van der Waals surface area contributed by atoms with Gasteiger partial charge in [-0.3, -0.25) is 0 Å². The lowest BCUT2D eigenvalue weighted by Gasteiger charge is -2.23. The van der Waals surface area contributed by atoms with Gasteiger partial charge in [0.25, 0.3) is 0 Å². The maximum atomic E-state index is 9.26. The number of nitrogens with zero attached hydrogens (tertiary/aromatic N) is 2. The van der Waals surface area contributed by atoms with E-state index in [9.17, 15) is 5.11 Å². The Labute approximate surface area is 117 Å². The van der Waals surface area contributed by atoms with Crippen molar-refractivity contribution in [3.8, 4) is 11.3 Å². The quantitative estimate of drug-likeness (QED) is 0.844. The molecule has 0 saturated heterocycles. The van der Waals surface area contributed by atoms with Gasteiger partial charge in [0.1, 0.15) is 5.15 Å². The molecule has 2 aromatic rings. The molecule has 0 aliphatic heterocycles. The summed E-state index contributed by atoms with van der Waals surface area (Å²) >= 11 is 6.02. The predicted molar refractivity (Wildman–Crippen MR) is 77.3 cm³/mol. The minimum atomic E-state index is -0.501. The van der Waals surface area contributed by atoms with Crippen LogP contribution in [0.15, 0.2) is 36.4 Å². The molecule has 4 nitrogen and oxygen atoms in total. The summed E-state index contributed by atoms with van der Waals surface area (Å²) in [6, 6.07) is 11.5.